The maximum absolute atomic E-state index is 13.7. The third kappa shape index (κ3) is 5.64. The third-order valence-electron chi connectivity index (χ3n) is 9.92. The molecule has 2 aromatic carbocycles. The van der Waals surface area contributed by atoms with Crippen LogP contribution in [0.2, 0.25) is 0 Å². The first-order valence-corrected chi connectivity index (χ1v) is 16.1. The molecule has 11 heteroatoms. The Bertz CT molecular complexity index is 1560. The van der Waals surface area contributed by atoms with E-state index in [4.69, 9.17) is 33.2 Å². The van der Waals surface area contributed by atoms with E-state index < -0.39 is 24.1 Å². The molecule has 2 aliphatic heterocycles. The number of aromatic nitrogens is 1. The highest BCUT2D eigenvalue weighted by Crippen LogP contribution is 2.51. The second kappa shape index (κ2) is 13.4. The lowest BCUT2D eigenvalue weighted by molar-refractivity contribution is -0.176. The Morgan fingerprint density at radius 2 is 1.70 bits per heavy atom. The van der Waals surface area contributed by atoms with Crippen LogP contribution in [0.25, 0.3) is 10.9 Å². The Hall–Kier alpha value is -3.96. The molecule has 0 bridgehead atoms. The quantitative estimate of drug-likeness (QED) is 0.306. The molecule has 1 aliphatic carbocycles. The average Bonchev–Trinajstić information content (AvgIpc) is 3.45. The lowest BCUT2D eigenvalue weighted by atomic mass is 9.63. The van der Waals surface area contributed by atoms with Gasteiger partial charge in [0.25, 0.3) is 0 Å². The van der Waals surface area contributed by atoms with E-state index in [2.05, 4.69) is 16.0 Å². The van der Waals surface area contributed by atoms with Crippen LogP contribution in [0.3, 0.4) is 0 Å². The van der Waals surface area contributed by atoms with Crippen molar-refractivity contribution < 1.29 is 42.7 Å². The van der Waals surface area contributed by atoms with Crippen LogP contribution in [0.5, 0.6) is 23.0 Å². The maximum Gasteiger partial charge on any atom is 0.338 e. The minimum atomic E-state index is -0.671. The monoisotopic (exact) mass is 636 g/mol. The second-order valence-electron chi connectivity index (χ2n) is 12.1. The number of H-pyrrole nitrogens is 1. The van der Waals surface area contributed by atoms with E-state index in [0.717, 1.165) is 37.2 Å². The summed E-state index contributed by atoms with van der Waals surface area (Å²) in [7, 11) is 6.17. The van der Waals surface area contributed by atoms with Crippen molar-refractivity contribution in [2.45, 2.75) is 51.4 Å². The number of ether oxygens (including phenoxy) is 7. The molecular weight excluding hydrogens is 592 g/mol. The van der Waals surface area contributed by atoms with Gasteiger partial charge in [-0.05, 0) is 74.8 Å². The number of benzene rings is 2. The zero-order valence-corrected chi connectivity index (χ0v) is 27.4. The van der Waals surface area contributed by atoms with E-state index in [1.807, 2.05) is 26.0 Å². The van der Waals surface area contributed by atoms with E-state index >= 15 is 0 Å². The highest BCUT2D eigenvalue weighted by atomic mass is 16.6. The zero-order chi connectivity index (χ0) is 32.5. The first-order chi connectivity index (χ1) is 22.3. The van der Waals surface area contributed by atoms with Gasteiger partial charge in [0.2, 0.25) is 5.75 Å². The summed E-state index contributed by atoms with van der Waals surface area (Å²) >= 11 is 0. The van der Waals surface area contributed by atoms with Gasteiger partial charge in [-0.25, -0.2) is 4.79 Å². The Labute approximate surface area is 269 Å². The predicted octanol–water partition coefficient (Wildman–Crippen LogP) is 4.95. The summed E-state index contributed by atoms with van der Waals surface area (Å²) in [6, 6.07) is 9.50. The van der Waals surface area contributed by atoms with Gasteiger partial charge in [0, 0.05) is 42.9 Å². The molecule has 0 amide bonds. The van der Waals surface area contributed by atoms with E-state index in [9.17, 15) is 9.59 Å². The fourth-order valence-corrected chi connectivity index (χ4v) is 7.98. The minimum absolute atomic E-state index is 0.0180. The molecule has 2 fully saturated rings. The highest BCUT2D eigenvalue weighted by Gasteiger charge is 2.54. The molecule has 3 aliphatic rings. The Balaban J connectivity index is 1.29. The van der Waals surface area contributed by atoms with Crippen LogP contribution in [0, 0.1) is 17.8 Å². The van der Waals surface area contributed by atoms with Crippen molar-refractivity contribution >= 4 is 22.8 Å². The van der Waals surface area contributed by atoms with Crippen molar-refractivity contribution in [3.63, 3.8) is 0 Å². The number of fused-ring (bicyclic) bond motifs is 6. The molecule has 6 rings (SSSR count). The summed E-state index contributed by atoms with van der Waals surface area (Å²) in [6.07, 6.45) is 0.922. The smallest absolute Gasteiger partial charge is 0.338 e. The van der Waals surface area contributed by atoms with Crippen LogP contribution in [0.4, 0.5) is 0 Å². The zero-order valence-electron chi connectivity index (χ0n) is 27.4. The fraction of sp³-hybridized carbons (Fsp3) is 0.543. The number of hydrogen-bond acceptors (Lipinski definition) is 10. The van der Waals surface area contributed by atoms with E-state index in [1.165, 1.54) is 30.9 Å². The maximum atomic E-state index is 13.7. The van der Waals surface area contributed by atoms with Crippen molar-refractivity contribution in [2.75, 3.05) is 54.7 Å². The van der Waals surface area contributed by atoms with Crippen LogP contribution < -0.4 is 18.9 Å². The Kier molecular flexibility index (Phi) is 9.33. The van der Waals surface area contributed by atoms with Crippen LogP contribution in [0.1, 0.15) is 54.3 Å². The number of methoxy groups -OCH3 is 4. The number of piperidine rings is 1. The molecule has 1 saturated heterocycles. The number of carbonyl (C=O) groups excluding carboxylic acids is 2. The summed E-state index contributed by atoms with van der Waals surface area (Å²) in [5, 5.41) is 1.21. The molecule has 11 nitrogen and oxygen atoms in total. The van der Waals surface area contributed by atoms with Gasteiger partial charge in [-0.1, -0.05) is 0 Å². The lowest BCUT2D eigenvalue weighted by Gasteiger charge is -2.52. The topological polar surface area (TPSA) is 118 Å². The third-order valence-corrected chi connectivity index (χ3v) is 9.92. The van der Waals surface area contributed by atoms with Crippen LogP contribution in [-0.2, 0) is 25.4 Å². The fourth-order valence-electron chi connectivity index (χ4n) is 7.98. The average molecular weight is 637 g/mol. The van der Waals surface area contributed by atoms with Gasteiger partial charge in [0.1, 0.15) is 18.0 Å². The van der Waals surface area contributed by atoms with E-state index in [0.29, 0.717) is 36.9 Å². The summed E-state index contributed by atoms with van der Waals surface area (Å²) in [5.41, 5.74) is 3.85. The molecular formula is C35H44N2O9. The first kappa shape index (κ1) is 32.0. The number of carbonyl (C=O) groups is 2. The number of nitrogens with zero attached hydrogens (tertiary/aromatic N) is 1. The number of hydrogen-bond donors (Lipinski definition) is 1. The van der Waals surface area contributed by atoms with Gasteiger partial charge in [-0.3, -0.25) is 9.69 Å². The molecule has 3 heterocycles. The van der Waals surface area contributed by atoms with Gasteiger partial charge >= 0.3 is 11.9 Å². The van der Waals surface area contributed by atoms with Crippen molar-refractivity contribution in [3.8, 4) is 23.0 Å². The molecule has 1 aromatic heterocycles. The predicted molar refractivity (Wildman–Crippen MR) is 170 cm³/mol. The highest BCUT2D eigenvalue weighted by molar-refractivity contribution is 5.91. The van der Waals surface area contributed by atoms with Crippen LogP contribution >= 0.6 is 0 Å². The molecule has 1 N–H and O–H groups in total. The van der Waals surface area contributed by atoms with Gasteiger partial charge in [0.05, 0.1) is 52.1 Å². The van der Waals surface area contributed by atoms with Gasteiger partial charge < -0.3 is 38.1 Å². The number of rotatable bonds is 10. The molecule has 46 heavy (non-hydrogen) atoms. The van der Waals surface area contributed by atoms with Crippen LogP contribution in [-0.4, -0.2) is 88.8 Å². The SMILES string of the molecule is CCOc1cc(C(=O)OC2CC3CN4CCc5c([nH]c6cc(OC)ccc56)C4CC3C(C(=O)OC)C2OC)cc(OCC)c1OC. The van der Waals surface area contributed by atoms with E-state index in [-0.39, 0.29) is 29.4 Å². The van der Waals surface area contributed by atoms with Gasteiger partial charge in [-0.2, -0.15) is 0 Å². The molecule has 0 spiro atoms. The van der Waals surface area contributed by atoms with Crippen molar-refractivity contribution in [1.29, 1.82) is 0 Å². The van der Waals surface area contributed by atoms with E-state index in [1.54, 1.807) is 26.4 Å². The molecule has 0 radical (unpaired) electrons. The molecule has 3 aromatic rings. The largest absolute Gasteiger partial charge is 0.497 e. The van der Waals surface area contributed by atoms with Crippen molar-refractivity contribution in [3.05, 3.63) is 47.2 Å². The minimum Gasteiger partial charge on any atom is -0.497 e. The number of nitrogens with one attached hydrogen (secondary N) is 1. The molecule has 6 unspecified atom stereocenters. The first-order valence-electron chi connectivity index (χ1n) is 16.1. The summed E-state index contributed by atoms with van der Waals surface area (Å²) in [5.74, 6) is 0.583. The number of aromatic amines is 1. The summed E-state index contributed by atoms with van der Waals surface area (Å²) < 4.78 is 40.0. The van der Waals surface area contributed by atoms with Crippen molar-refractivity contribution in [1.82, 2.24) is 9.88 Å². The Morgan fingerprint density at radius 1 is 0.957 bits per heavy atom. The summed E-state index contributed by atoms with van der Waals surface area (Å²) in [4.78, 5) is 33.4. The van der Waals surface area contributed by atoms with Gasteiger partial charge in [0.15, 0.2) is 11.5 Å². The number of esters is 2. The van der Waals surface area contributed by atoms with Crippen molar-refractivity contribution in [2.24, 2.45) is 17.8 Å². The lowest BCUT2D eigenvalue weighted by Crippen LogP contribution is -2.58. The van der Waals surface area contributed by atoms with Crippen LogP contribution in [0.15, 0.2) is 30.3 Å². The van der Waals surface area contributed by atoms with Gasteiger partial charge in [-0.15, -0.1) is 0 Å². The molecule has 248 valence electrons. The second-order valence-corrected chi connectivity index (χ2v) is 12.1. The molecule has 6 atom stereocenters. The Morgan fingerprint density at radius 3 is 2.33 bits per heavy atom. The molecule has 1 saturated carbocycles. The standard InChI is InChI=1S/C35H44N2O9/c1-7-44-27-13-19(14-28(45-8-2)32(27)41-4)34(38)46-29-15-20-18-37-12-11-23-22-10-9-21(40-3)16-25(22)36-31(23)26(37)17-24(20)30(33(29)42-5)35(39)43-6/h9-10,13-14,16,20,24,26,29-30,33,36H,7-8,11-12,15,17-18H2,1-6H3. The normalized spacial score (nSPS) is 25.5. The summed E-state index contributed by atoms with van der Waals surface area (Å²) in [6.45, 7) is 6.15.